The summed E-state index contributed by atoms with van der Waals surface area (Å²) in [4.78, 5) is 36.6. The normalized spacial score (nSPS) is 19.6. The second-order valence-electron chi connectivity index (χ2n) is 8.50. The second kappa shape index (κ2) is 9.37. The summed E-state index contributed by atoms with van der Waals surface area (Å²) in [6.45, 7) is 3.85. The average molecular weight is 407 g/mol. The third kappa shape index (κ3) is 4.69. The Morgan fingerprint density at radius 2 is 1.87 bits per heavy atom. The predicted octanol–water partition coefficient (Wildman–Crippen LogP) is 3.61. The van der Waals surface area contributed by atoms with Crippen LogP contribution >= 0.6 is 0 Å². The summed E-state index contributed by atoms with van der Waals surface area (Å²) in [5.74, 6) is 1.25. The molecule has 1 N–H and O–H groups in total. The van der Waals surface area contributed by atoms with Crippen molar-refractivity contribution in [1.82, 2.24) is 20.2 Å². The van der Waals surface area contributed by atoms with Crippen LogP contribution in [-0.2, 0) is 11.3 Å². The SMILES string of the molecule is Cc1nc([C@@H]2CCCN(C(=O)C3CCCC3)C2)ncc1C(=O)NCc1ccccc1. The van der Waals surface area contributed by atoms with E-state index in [0.29, 0.717) is 30.3 Å². The molecule has 2 amide bonds. The number of hydrogen-bond donors (Lipinski definition) is 1. The fourth-order valence-corrected chi connectivity index (χ4v) is 4.60. The summed E-state index contributed by atoms with van der Waals surface area (Å²) in [7, 11) is 0. The van der Waals surface area contributed by atoms with E-state index in [1.165, 1.54) is 12.8 Å². The molecule has 0 radical (unpaired) electrons. The topological polar surface area (TPSA) is 75.2 Å². The Morgan fingerprint density at radius 1 is 1.10 bits per heavy atom. The molecule has 158 valence electrons. The number of nitrogens with one attached hydrogen (secondary N) is 1. The van der Waals surface area contributed by atoms with Gasteiger partial charge < -0.3 is 10.2 Å². The van der Waals surface area contributed by atoms with E-state index in [4.69, 9.17) is 0 Å². The Kier molecular flexibility index (Phi) is 6.41. The molecular weight excluding hydrogens is 376 g/mol. The lowest BCUT2D eigenvalue weighted by Crippen LogP contribution is -2.42. The lowest BCUT2D eigenvalue weighted by molar-refractivity contribution is -0.136. The first-order valence-electron chi connectivity index (χ1n) is 11.1. The summed E-state index contributed by atoms with van der Waals surface area (Å²) in [6.07, 6.45) is 7.99. The van der Waals surface area contributed by atoms with Crippen molar-refractivity contribution in [1.29, 1.82) is 0 Å². The van der Waals surface area contributed by atoms with E-state index in [0.717, 1.165) is 43.6 Å². The van der Waals surface area contributed by atoms with Gasteiger partial charge in [0.2, 0.25) is 5.91 Å². The van der Waals surface area contributed by atoms with Crippen LogP contribution in [0.5, 0.6) is 0 Å². The summed E-state index contributed by atoms with van der Waals surface area (Å²) in [6, 6.07) is 9.82. The molecule has 1 aliphatic carbocycles. The number of aromatic nitrogens is 2. The number of benzene rings is 1. The van der Waals surface area contributed by atoms with Gasteiger partial charge in [0.1, 0.15) is 5.82 Å². The maximum Gasteiger partial charge on any atom is 0.254 e. The highest BCUT2D eigenvalue weighted by Gasteiger charge is 2.32. The molecule has 2 aromatic rings. The zero-order valence-corrected chi connectivity index (χ0v) is 17.6. The van der Waals surface area contributed by atoms with Crippen molar-refractivity contribution in [2.45, 2.75) is 57.9 Å². The average Bonchev–Trinajstić information content (AvgIpc) is 3.32. The number of carbonyl (C=O) groups is 2. The van der Waals surface area contributed by atoms with Gasteiger partial charge in [-0.1, -0.05) is 43.2 Å². The minimum atomic E-state index is -0.162. The molecule has 30 heavy (non-hydrogen) atoms. The number of likely N-dealkylation sites (tertiary alicyclic amines) is 1. The van der Waals surface area contributed by atoms with Crippen molar-refractivity contribution < 1.29 is 9.59 Å². The second-order valence-corrected chi connectivity index (χ2v) is 8.50. The van der Waals surface area contributed by atoms with Gasteiger partial charge in [0.25, 0.3) is 5.91 Å². The Hall–Kier alpha value is -2.76. The van der Waals surface area contributed by atoms with Gasteiger partial charge in [-0.3, -0.25) is 9.59 Å². The van der Waals surface area contributed by atoms with Crippen LogP contribution in [-0.4, -0.2) is 39.8 Å². The quantitative estimate of drug-likeness (QED) is 0.823. The Balaban J connectivity index is 1.39. The minimum Gasteiger partial charge on any atom is -0.348 e. The molecule has 0 bridgehead atoms. The van der Waals surface area contributed by atoms with Crippen molar-refractivity contribution in [2.75, 3.05) is 13.1 Å². The maximum absolute atomic E-state index is 12.8. The molecule has 1 saturated heterocycles. The molecule has 1 saturated carbocycles. The van der Waals surface area contributed by atoms with E-state index in [9.17, 15) is 9.59 Å². The van der Waals surface area contributed by atoms with Crippen LogP contribution in [0.2, 0.25) is 0 Å². The van der Waals surface area contributed by atoms with Crippen LogP contribution in [0, 0.1) is 12.8 Å². The van der Waals surface area contributed by atoms with Crippen molar-refractivity contribution >= 4 is 11.8 Å². The van der Waals surface area contributed by atoms with Gasteiger partial charge in [-0.15, -0.1) is 0 Å². The predicted molar refractivity (Wildman–Crippen MR) is 115 cm³/mol. The van der Waals surface area contributed by atoms with Gasteiger partial charge >= 0.3 is 0 Å². The third-order valence-electron chi connectivity index (χ3n) is 6.34. The molecule has 0 spiro atoms. The van der Waals surface area contributed by atoms with Crippen molar-refractivity contribution in [3.05, 3.63) is 59.2 Å². The van der Waals surface area contributed by atoms with Gasteiger partial charge in [0, 0.05) is 37.7 Å². The smallest absolute Gasteiger partial charge is 0.254 e. The minimum absolute atomic E-state index is 0.143. The summed E-state index contributed by atoms with van der Waals surface area (Å²) in [5.41, 5.74) is 2.24. The monoisotopic (exact) mass is 406 g/mol. The molecule has 1 aromatic heterocycles. The van der Waals surface area contributed by atoms with Crippen LogP contribution in [0.3, 0.4) is 0 Å². The van der Waals surface area contributed by atoms with Crippen LogP contribution < -0.4 is 5.32 Å². The molecule has 6 heteroatoms. The van der Waals surface area contributed by atoms with E-state index in [1.54, 1.807) is 6.20 Å². The molecule has 2 heterocycles. The highest BCUT2D eigenvalue weighted by atomic mass is 16.2. The highest BCUT2D eigenvalue weighted by molar-refractivity contribution is 5.94. The standard InChI is InChI=1S/C24H30N4O2/c1-17-21(23(29)26-14-18-8-3-2-4-9-18)15-25-22(27-17)20-12-7-13-28(16-20)24(30)19-10-5-6-11-19/h2-4,8-9,15,19-20H,5-7,10-14,16H2,1H3,(H,26,29)/t20-/m1/s1. The molecular formula is C24H30N4O2. The summed E-state index contributed by atoms with van der Waals surface area (Å²) >= 11 is 0. The summed E-state index contributed by atoms with van der Waals surface area (Å²) in [5, 5.41) is 2.94. The molecule has 1 aliphatic heterocycles. The number of nitrogens with zero attached hydrogens (tertiary/aromatic N) is 3. The fourth-order valence-electron chi connectivity index (χ4n) is 4.60. The van der Waals surface area contributed by atoms with Crippen LogP contribution in [0.4, 0.5) is 0 Å². The molecule has 2 fully saturated rings. The van der Waals surface area contributed by atoms with E-state index in [-0.39, 0.29) is 17.7 Å². The largest absolute Gasteiger partial charge is 0.348 e. The first-order chi connectivity index (χ1) is 14.6. The van der Waals surface area contributed by atoms with E-state index in [1.807, 2.05) is 42.2 Å². The first-order valence-corrected chi connectivity index (χ1v) is 11.1. The van der Waals surface area contributed by atoms with Gasteiger partial charge in [-0.05, 0) is 38.2 Å². The van der Waals surface area contributed by atoms with Crippen molar-refractivity contribution in [2.24, 2.45) is 5.92 Å². The number of aryl methyl sites for hydroxylation is 1. The molecule has 1 atom stereocenters. The molecule has 2 aliphatic rings. The first kappa shape index (κ1) is 20.5. The van der Waals surface area contributed by atoms with Crippen molar-refractivity contribution in [3.63, 3.8) is 0 Å². The Morgan fingerprint density at radius 3 is 2.60 bits per heavy atom. The van der Waals surface area contributed by atoms with Crippen molar-refractivity contribution in [3.8, 4) is 0 Å². The number of piperidine rings is 1. The van der Waals surface area contributed by atoms with Crippen LogP contribution in [0.1, 0.15) is 71.9 Å². The van der Waals surface area contributed by atoms with Gasteiger partial charge in [0.15, 0.2) is 0 Å². The molecule has 6 nitrogen and oxygen atoms in total. The van der Waals surface area contributed by atoms with E-state index in [2.05, 4.69) is 15.3 Å². The zero-order chi connectivity index (χ0) is 20.9. The lowest BCUT2D eigenvalue weighted by Gasteiger charge is -2.33. The van der Waals surface area contributed by atoms with Crippen LogP contribution in [0.15, 0.2) is 36.5 Å². The van der Waals surface area contributed by atoms with Crippen LogP contribution in [0.25, 0.3) is 0 Å². The molecule has 4 rings (SSSR count). The zero-order valence-electron chi connectivity index (χ0n) is 17.6. The van der Waals surface area contributed by atoms with Gasteiger partial charge in [-0.25, -0.2) is 9.97 Å². The Bertz CT molecular complexity index is 893. The molecule has 1 aromatic carbocycles. The molecule has 0 unspecified atom stereocenters. The third-order valence-corrected chi connectivity index (χ3v) is 6.34. The number of carbonyl (C=O) groups excluding carboxylic acids is 2. The van der Waals surface area contributed by atoms with Gasteiger partial charge in [-0.2, -0.15) is 0 Å². The highest BCUT2D eigenvalue weighted by Crippen LogP contribution is 2.30. The summed E-state index contributed by atoms with van der Waals surface area (Å²) < 4.78 is 0. The lowest BCUT2D eigenvalue weighted by atomic mass is 9.95. The Labute approximate surface area is 178 Å². The number of rotatable bonds is 5. The van der Waals surface area contributed by atoms with E-state index >= 15 is 0 Å². The fraction of sp³-hybridized carbons (Fsp3) is 0.500. The van der Waals surface area contributed by atoms with Gasteiger partial charge in [0.05, 0.1) is 11.3 Å². The number of amides is 2. The maximum atomic E-state index is 12.8. The number of hydrogen-bond acceptors (Lipinski definition) is 4. The van der Waals surface area contributed by atoms with E-state index < -0.39 is 0 Å².